The number of rotatable bonds is 3. The number of para-hydroxylation sites is 1. The Labute approximate surface area is 129 Å². The maximum atomic E-state index is 12.5. The van der Waals surface area contributed by atoms with Gasteiger partial charge in [0.25, 0.3) is 5.91 Å². The molecular formula is C17H21N3O2. The van der Waals surface area contributed by atoms with Gasteiger partial charge in [0.05, 0.1) is 5.56 Å². The second-order valence-electron chi connectivity index (χ2n) is 6.15. The molecule has 2 heterocycles. The van der Waals surface area contributed by atoms with Crippen LogP contribution >= 0.6 is 0 Å². The first-order valence-corrected chi connectivity index (χ1v) is 7.72. The zero-order valence-corrected chi connectivity index (χ0v) is 12.9. The molecule has 1 fully saturated rings. The number of hydrogen-bond acceptors (Lipinski definition) is 2. The third-order valence-electron chi connectivity index (χ3n) is 4.16. The van der Waals surface area contributed by atoms with E-state index in [0.29, 0.717) is 12.1 Å². The Kier molecular flexibility index (Phi) is 3.88. The highest BCUT2D eigenvalue weighted by molar-refractivity contribution is 6.06. The average Bonchev–Trinajstić information content (AvgIpc) is 3.12. The van der Waals surface area contributed by atoms with Gasteiger partial charge in [0.15, 0.2) is 0 Å². The van der Waals surface area contributed by atoms with Crippen LogP contribution in [0, 0.1) is 5.92 Å². The highest BCUT2D eigenvalue weighted by atomic mass is 16.2. The molecule has 5 nitrogen and oxygen atoms in total. The van der Waals surface area contributed by atoms with Crippen LogP contribution in [-0.4, -0.2) is 40.8 Å². The summed E-state index contributed by atoms with van der Waals surface area (Å²) in [5, 5.41) is 3.97. The first-order chi connectivity index (χ1) is 10.6. The van der Waals surface area contributed by atoms with E-state index in [1.165, 1.54) is 0 Å². The van der Waals surface area contributed by atoms with Crippen molar-refractivity contribution in [2.75, 3.05) is 13.1 Å². The molecule has 0 radical (unpaired) electrons. The molecule has 2 N–H and O–H groups in total. The standard InChI is InChI=1S/C17H21N3O2/c1-11(2)17(22)20-8-7-12(10-20)19-16(21)14-9-18-15-6-4-3-5-13(14)15/h3-6,9,11-12,18H,7-8,10H2,1-2H3,(H,19,21). The molecule has 1 unspecified atom stereocenters. The Balaban J connectivity index is 1.67. The van der Waals surface area contributed by atoms with Crippen LogP contribution in [0.25, 0.3) is 10.9 Å². The third kappa shape index (κ3) is 2.71. The fraction of sp³-hybridized carbons (Fsp3) is 0.412. The molecule has 1 aromatic heterocycles. The molecule has 3 rings (SSSR count). The van der Waals surface area contributed by atoms with E-state index < -0.39 is 0 Å². The predicted octanol–water partition coefficient (Wildman–Crippen LogP) is 2.15. The molecule has 0 saturated carbocycles. The van der Waals surface area contributed by atoms with Crippen LogP contribution in [0.1, 0.15) is 30.6 Å². The number of nitrogens with zero attached hydrogens (tertiary/aromatic N) is 1. The summed E-state index contributed by atoms with van der Waals surface area (Å²) in [6.45, 7) is 5.13. The molecule has 116 valence electrons. The third-order valence-corrected chi connectivity index (χ3v) is 4.16. The van der Waals surface area contributed by atoms with Crippen molar-refractivity contribution in [2.24, 2.45) is 5.92 Å². The molecular weight excluding hydrogens is 278 g/mol. The number of amides is 2. The summed E-state index contributed by atoms with van der Waals surface area (Å²) in [6.07, 6.45) is 2.55. The summed E-state index contributed by atoms with van der Waals surface area (Å²) in [5.41, 5.74) is 1.61. The lowest BCUT2D eigenvalue weighted by molar-refractivity contribution is -0.133. The van der Waals surface area contributed by atoms with Crippen molar-refractivity contribution in [3.05, 3.63) is 36.0 Å². The van der Waals surface area contributed by atoms with E-state index in [2.05, 4.69) is 10.3 Å². The van der Waals surface area contributed by atoms with E-state index in [4.69, 9.17) is 0 Å². The van der Waals surface area contributed by atoms with Crippen molar-refractivity contribution in [2.45, 2.75) is 26.3 Å². The van der Waals surface area contributed by atoms with E-state index in [9.17, 15) is 9.59 Å². The first kappa shape index (κ1) is 14.6. The Hall–Kier alpha value is -2.30. The molecule has 5 heteroatoms. The minimum Gasteiger partial charge on any atom is -0.360 e. The summed E-state index contributed by atoms with van der Waals surface area (Å²) in [7, 11) is 0. The number of aromatic nitrogens is 1. The Morgan fingerprint density at radius 3 is 2.86 bits per heavy atom. The van der Waals surface area contributed by atoms with Crippen molar-refractivity contribution in [3.8, 4) is 0 Å². The predicted molar refractivity (Wildman–Crippen MR) is 85.6 cm³/mol. The molecule has 2 amide bonds. The Morgan fingerprint density at radius 1 is 1.32 bits per heavy atom. The van der Waals surface area contributed by atoms with Crippen molar-refractivity contribution in [1.29, 1.82) is 0 Å². The second kappa shape index (κ2) is 5.83. The first-order valence-electron chi connectivity index (χ1n) is 7.72. The van der Waals surface area contributed by atoms with E-state index in [1.807, 2.05) is 43.0 Å². The quantitative estimate of drug-likeness (QED) is 0.912. The van der Waals surface area contributed by atoms with Crippen LogP contribution in [0.4, 0.5) is 0 Å². The molecule has 1 aliphatic heterocycles. The summed E-state index contributed by atoms with van der Waals surface area (Å²) in [5.74, 6) is 0.0770. The van der Waals surface area contributed by atoms with Crippen molar-refractivity contribution in [3.63, 3.8) is 0 Å². The molecule has 2 aromatic rings. The van der Waals surface area contributed by atoms with E-state index in [1.54, 1.807) is 6.20 Å². The largest absolute Gasteiger partial charge is 0.360 e. The zero-order valence-electron chi connectivity index (χ0n) is 12.9. The average molecular weight is 299 g/mol. The van der Waals surface area contributed by atoms with Crippen LogP contribution in [0.15, 0.2) is 30.5 Å². The lowest BCUT2D eigenvalue weighted by Gasteiger charge is -2.19. The number of fused-ring (bicyclic) bond motifs is 1. The van der Waals surface area contributed by atoms with Gasteiger partial charge in [-0.15, -0.1) is 0 Å². The van der Waals surface area contributed by atoms with Crippen molar-refractivity contribution < 1.29 is 9.59 Å². The fourth-order valence-corrected chi connectivity index (χ4v) is 2.97. The summed E-state index contributed by atoms with van der Waals surface area (Å²) in [4.78, 5) is 29.4. The van der Waals surface area contributed by atoms with Crippen molar-refractivity contribution >= 4 is 22.7 Å². The minimum absolute atomic E-state index is 0.00284. The van der Waals surface area contributed by atoms with Crippen LogP contribution in [0.2, 0.25) is 0 Å². The summed E-state index contributed by atoms with van der Waals surface area (Å²) in [6, 6.07) is 7.77. The highest BCUT2D eigenvalue weighted by Crippen LogP contribution is 2.19. The highest BCUT2D eigenvalue weighted by Gasteiger charge is 2.28. The van der Waals surface area contributed by atoms with Gasteiger partial charge in [0.2, 0.25) is 5.91 Å². The van der Waals surface area contributed by atoms with Gasteiger partial charge >= 0.3 is 0 Å². The van der Waals surface area contributed by atoms with E-state index in [0.717, 1.165) is 23.9 Å². The number of carbonyl (C=O) groups is 2. The van der Waals surface area contributed by atoms with Gasteiger partial charge in [-0.25, -0.2) is 0 Å². The number of likely N-dealkylation sites (tertiary alicyclic amines) is 1. The fourth-order valence-electron chi connectivity index (χ4n) is 2.97. The smallest absolute Gasteiger partial charge is 0.253 e. The SMILES string of the molecule is CC(C)C(=O)N1CCC(NC(=O)c2c[nH]c3ccccc23)C1. The topological polar surface area (TPSA) is 65.2 Å². The normalized spacial score (nSPS) is 18.1. The number of aromatic amines is 1. The number of H-pyrrole nitrogens is 1. The zero-order chi connectivity index (χ0) is 15.7. The van der Waals surface area contributed by atoms with Gasteiger partial charge < -0.3 is 15.2 Å². The van der Waals surface area contributed by atoms with Gasteiger partial charge in [-0.1, -0.05) is 32.0 Å². The molecule has 1 saturated heterocycles. The molecule has 1 aliphatic rings. The van der Waals surface area contributed by atoms with Crippen LogP contribution in [0.3, 0.4) is 0 Å². The number of benzene rings is 1. The van der Waals surface area contributed by atoms with Gasteiger partial charge in [0, 0.05) is 42.1 Å². The van der Waals surface area contributed by atoms with Gasteiger partial charge in [-0.05, 0) is 12.5 Å². The van der Waals surface area contributed by atoms with Crippen molar-refractivity contribution in [1.82, 2.24) is 15.2 Å². The molecule has 1 atom stereocenters. The second-order valence-corrected chi connectivity index (χ2v) is 6.15. The molecule has 0 bridgehead atoms. The molecule has 22 heavy (non-hydrogen) atoms. The maximum Gasteiger partial charge on any atom is 0.253 e. The lowest BCUT2D eigenvalue weighted by atomic mass is 10.1. The summed E-state index contributed by atoms with van der Waals surface area (Å²) >= 11 is 0. The minimum atomic E-state index is -0.0821. The number of nitrogens with one attached hydrogen (secondary N) is 2. The van der Waals surface area contributed by atoms with Gasteiger partial charge in [-0.2, -0.15) is 0 Å². The van der Waals surface area contributed by atoms with E-state index in [-0.39, 0.29) is 23.8 Å². The maximum absolute atomic E-state index is 12.5. The molecule has 1 aromatic carbocycles. The van der Waals surface area contributed by atoms with Gasteiger partial charge in [-0.3, -0.25) is 9.59 Å². The number of hydrogen-bond donors (Lipinski definition) is 2. The van der Waals surface area contributed by atoms with Gasteiger partial charge in [0.1, 0.15) is 0 Å². The summed E-state index contributed by atoms with van der Waals surface area (Å²) < 4.78 is 0. The van der Waals surface area contributed by atoms with Crippen LogP contribution in [-0.2, 0) is 4.79 Å². The molecule has 0 aliphatic carbocycles. The Morgan fingerprint density at radius 2 is 2.09 bits per heavy atom. The number of carbonyl (C=O) groups excluding carboxylic acids is 2. The van der Waals surface area contributed by atoms with Crippen LogP contribution < -0.4 is 5.32 Å². The van der Waals surface area contributed by atoms with E-state index >= 15 is 0 Å². The molecule has 0 spiro atoms. The monoisotopic (exact) mass is 299 g/mol. The lowest BCUT2D eigenvalue weighted by Crippen LogP contribution is -2.39. The van der Waals surface area contributed by atoms with Crippen LogP contribution in [0.5, 0.6) is 0 Å². The Bertz CT molecular complexity index is 705.